The number of fused-ring (bicyclic) bond motifs is 3. The van der Waals surface area contributed by atoms with E-state index >= 15 is 0 Å². The van der Waals surface area contributed by atoms with Gasteiger partial charge in [0.1, 0.15) is 47.8 Å². The van der Waals surface area contributed by atoms with E-state index in [1.807, 2.05) is 6.07 Å². The molecule has 1 saturated heterocycles. The Morgan fingerprint density at radius 3 is 1.85 bits per heavy atom. The van der Waals surface area contributed by atoms with Gasteiger partial charge in [-0.15, -0.1) is 0 Å². The van der Waals surface area contributed by atoms with Gasteiger partial charge in [-0.25, -0.2) is 0 Å². The maximum atomic E-state index is 10.3. The lowest BCUT2D eigenvalue weighted by molar-refractivity contribution is -0.214. The summed E-state index contributed by atoms with van der Waals surface area (Å²) in [7, 11) is 0. The number of aliphatic hydroxyl groups is 8. The largest absolute Gasteiger partial charge is 0.456 e. The minimum Gasteiger partial charge on any atom is -0.456 e. The highest BCUT2D eigenvalue weighted by molar-refractivity contribution is 6.05. The molecule has 1 aliphatic carbocycles. The van der Waals surface area contributed by atoms with Gasteiger partial charge in [-0.2, -0.15) is 0 Å². The Morgan fingerprint density at radius 1 is 0.667 bits per heavy atom. The zero-order valence-corrected chi connectivity index (χ0v) is 20.8. The Bertz CT molecular complexity index is 1350. The van der Waals surface area contributed by atoms with Crippen molar-refractivity contribution in [3.05, 3.63) is 47.5 Å². The van der Waals surface area contributed by atoms with Crippen LogP contribution in [0.25, 0.3) is 21.9 Å². The standard InChI is InChI=1S/C29H30O10/c30-12-17-11-16(24(32)28(36)25(17)33)5-1-14-2-6-20-18(9-14)19-10-15(3-7-21(19)38-20)4-8-22-26(34)29(37)27(35)23(13-31)39-22/h2-3,6-7,9-10,16-17,22-37H,11-13H2/t16-,17+,22+,23+,24+,25+,26+,27+,28+,29+/m0/s1. The average Bonchev–Trinajstić information content (AvgIpc) is 3.31. The number of hydrogen-bond donors (Lipinski definition) is 8. The first-order valence-electron chi connectivity index (χ1n) is 12.7. The molecule has 10 atom stereocenters. The van der Waals surface area contributed by atoms with Crippen molar-refractivity contribution in [2.24, 2.45) is 11.8 Å². The molecule has 1 saturated carbocycles. The van der Waals surface area contributed by atoms with Gasteiger partial charge in [-0.3, -0.25) is 0 Å². The highest BCUT2D eigenvalue weighted by Gasteiger charge is 2.43. The Labute approximate surface area is 223 Å². The molecule has 5 rings (SSSR count). The van der Waals surface area contributed by atoms with Crippen molar-refractivity contribution in [2.45, 2.75) is 55.3 Å². The number of ether oxygens (including phenoxy) is 1. The lowest BCUT2D eigenvalue weighted by Gasteiger charge is -2.37. The predicted octanol–water partition coefficient (Wildman–Crippen LogP) is -1.16. The molecule has 1 aromatic heterocycles. The van der Waals surface area contributed by atoms with Crippen LogP contribution in [-0.4, -0.2) is 103 Å². The normalized spacial score (nSPS) is 34.8. The Hall–Kier alpha value is -3.00. The van der Waals surface area contributed by atoms with Crippen molar-refractivity contribution in [3.63, 3.8) is 0 Å². The molecular formula is C29H30O10. The SMILES string of the molecule is OC[C@H]1C[C@H](C#Cc2ccc3oc4ccc(C#C[C@H]5O[C@H](CO)[C@@H](O)[C@H](O)[C@@H]5O)cc4c3c2)[C@@H](O)[C@@H](O)[C@@H]1O. The second-order valence-corrected chi connectivity index (χ2v) is 10.1. The summed E-state index contributed by atoms with van der Waals surface area (Å²) in [5.41, 5.74) is 2.44. The quantitative estimate of drug-likeness (QED) is 0.185. The molecule has 1 aliphatic heterocycles. The third-order valence-electron chi connectivity index (χ3n) is 7.51. The molecule has 2 aromatic carbocycles. The van der Waals surface area contributed by atoms with Gasteiger partial charge in [-0.05, 0) is 42.8 Å². The molecule has 10 nitrogen and oxygen atoms in total. The predicted molar refractivity (Wildman–Crippen MR) is 138 cm³/mol. The van der Waals surface area contributed by atoms with E-state index in [1.165, 1.54) is 0 Å². The third kappa shape index (κ3) is 5.28. The van der Waals surface area contributed by atoms with Crippen molar-refractivity contribution in [1.29, 1.82) is 0 Å². The van der Waals surface area contributed by atoms with Crippen LogP contribution in [-0.2, 0) is 4.74 Å². The van der Waals surface area contributed by atoms with E-state index in [2.05, 4.69) is 23.7 Å². The smallest absolute Gasteiger partial charge is 0.147 e. The summed E-state index contributed by atoms with van der Waals surface area (Å²) in [6, 6.07) is 10.6. The highest BCUT2D eigenvalue weighted by atomic mass is 16.5. The van der Waals surface area contributed by atoms with Gasteiger partial charge in [0.05, 0.1) is 18.8 Å². The van der Waals surface area contributed by atoms with Gasteiger partial charge >= 0.3 is 0 Å². The van der Waals surface area contributed by atoms with Crippen LogP contribution in [0.2, 0.25) is 0 Å². The summed E-state index contributed by atoms with van der Waals surface area (Å²) in [5, 5.41) is 81.0. The molecule has 2 heterocycles. The van der Waals surface area contributed by atoms with E-state index in [9.17, 15) is 40.9 Å². The van der Waals surface area contributed by atoms with Crippen molar-refractivity contribution in [3.8, 4) is 23.7 Å². The summed E-state index contributed by atoms with van der Waals surface area (Å²) in [4.78, 5) is 0. The molecule has 0 radical (unpaired) electrons. The monoisotopic (exact) mass is 538 g/mol. The van der Waals surface area contributed by atoms with Gasteiger partial charge in [-0.1, -0.05) is 23.7 Å². The second-order valence-electron chi connectivity index (χ2n) is 10.1. The molecule has 206 valence electrons. The lowest BCUT2D eigenvalue weighted by atomic mass is 9.76. The Balaban J connectivity index is 1.42. The molecule has 2 fully saturated rings. The molecule has 10 heteroatoms. The first-order chi connectivity index (χ1) is 18.7. The third-order valence-corrected chi connectivity index (χ3v) is 7.51. The fraction of sp³-hybridized carbons (Fsp3) is 0.448. The fourth-order valence-corrected chi connectivity index (χ4v) is 5.13. The van der Waals surface area contributed by atoms with E-state index in [-0.39, 0.29) is 13.0 Å². The zero-order chi connectivity index (χ0) is 27.8. The van der Waals surface area contributed by atoms with Crippen LogP contribution in [0.4, 0.5) is 0 Å². The Morgan fingerprint density at radius 2 is 1.26 bits per heavy atom. The summed E-state index contributed by atoms with van der Waals surface area (Å²) >= 11 is 0. The maximum Gasteiger partial charge on any atom is 0.147 e. The van der Waals surface area contributed by atoms with Crippen LogP contribution in [0.1, 0.15) is 17.5 Å². The van der Waals surface area contributed by atoms with Crippen molar-refractivity contribution < 1.29 is 50.0 Å². The summed E-state index contributed by atoms with van der Waals surface area (Å²) < 4.78 is 11.4. The van der Waals surface area contributed by atoms with E-state index in [4.69, 9.17) is 9.15 Å². The molecule has 3 aromatic rings. The minimum absolute atomic E-state index is 0.246. The van der Waals surface area contributed by atoms with E-state index < -0.39 is 67.3 Å². The Kier molecular flexibility index (Phi) is 7.94. The molecule has 0 bridgehead atoms. The maximum absolute atomic E-state index is 10.3. The number of rotatable bonds is 2. The summed E-state index contributed by atoms with van der Waals surface area (Å²) in [6.45, 7) is -0.858. The molecular weight excluding hydrogens is 508 g/mol. The van der Waals surface area contributed by atoms with Gasteiger partial charge < -0.3 is 50.0 Å². The van der Waals surface area contributed by atoms with Crippen LogP contribution in [0, 0.1) is 35.5 Å². The molecule has 39 heavy (non-hydrogen) atoms. The number of aliphatic hydroxyl groups excluding tert-OH is 8. The molecule has 0 spiro atoms. The zero-order valence-electron chi connectivity index (χ0n) is 20.8. The van der Waals surface area contributed by atoms with Gasteiger partial charge in [0.2, 0.25) is 0 Å². The second kappa shape index (κ2) is 11.2. The van der Waals surface area contributed by atoms with Crippen LogP contribution < -0.4 is 0 Å². The molecule has 0 amide bonds. The van der Waals surface area contributed by atoms with Gasteiger partial charge in [0, 0.05) is 40.3 Å². The van der Waals surface area contributed by atoms with Crippen LogP contribution >= 0.6 is 0 Å². The summed E-state index contributed by atoms with van der Waals surface area (Å²) in [6.07, 6.45) is -10.2. The van der Waals surface area contributed by atoms with E-state index in [0.717, 1.165) is 10.8 Å². The van der Waals surface area contributed by atoms with E-state index in [1.54, 1.807) is 30.3 Å². The first-order valence-corrected chi connectivity index (χ1v) is 12.7. The number of benzene rings is 2. The topological polar surface area (TPSA) is 184 Å². The highest BCUT2D eigenvalue weighted by Crippen LogP contribution is 2.32. The summed E-state index contributed by atoms with van der Waals surface area (Å²) in [5.74, 6) is 10.4. The fourth-order valence-electron chi connectivity index (χ4n) is 5.13. The van der Waals surface area contributed by atoms with Crippen molar-refractivity contribution >= 4 is 21.9 Å². The first kappa shape index (κ1) is 27.6. The molecule has 2 aliphatic rings. The van der Waals surface area contributed by atoms with Crippen molar-refractivity contribution in [1.82, 2.24) is 0 Å². The lowest BCUT2D eigenvalue weighted by Crippen LogP contribution is -2.58. The average molecular weight is 539 g/mol. The van der Waals surface area contributed by atoms with Crippen LogP contribution in [0.5, 0.6) is 0 Å². The molecule has 8 N–H and O–H groups in total. The molecule has 0 unspecified atom stereocenters. The number of furan rings is 1. The van der Waals surface area contributed by atoms with E-state index in [0.29, 0.717) is 22.3 Å². The number of hydrogen-bond acceptors (Lipinski definition) is 10. The van der Waals surface area contributed by atoms with Crippen LogP contribution in [0.3, 0.4) is 0 Å². The van der Waals surface area contributed by atoms with Crippen LogP contribution in [0.15, 0.2) is 40.8 Å². The van der Waals surface area contributed by atoms with Crippen molar-refractivity contribution in [2.75, 3.05) is 13.2 Å². The van der Waals surface area contributed by atoms with Gasteiger partial charge in [0.15, 0.2) is 0 Å². The van der Waals surface area contributed by atoms with Gasteiger partial charge in [0.25, 0.3) is 0 Å². The minimum atomic E-state index is -1.51.